The molecular weight excluding hydrogens is 468 g/mol. The number of nitrogens with zero attached hydrogens (tertiary/aromatic N) is 1. The minimum Gasteiger partial charge on any atom is -0.490 e. The van der Waals surface area contributed by atoms with Crippen LogP contribution in [-0.2, 0) is 9.59 Å². The molecule has 0 spiro atoms. The standard InChI is InChI=1S/C21H19BrN4O5/c1-2-30-17-9-13(8-14(11-23)20(28)26-21(24)29)16(22)10-18(17)31-12-19(27)25-15-6-4-3-5-7-15/h3-10H,2,12H2,1H3,(H,25,27)(H3,24,26,28,29)/b14-8-. The Labute approximate surface area is 186 Å². The van der Waals surface area contributed by atoms with Gasteiger partial charge >= 0.3 is 6.03 Å². The Kier molecular flexibility index (Phi) is 8.60. The van der Waals surface area contributed by atoms with Crippen molar-refractivity contribution in [3.63, 3.8) is 0 Å². The van der Waals surface area contributed by atoms with Crippen LogP contribution in [0.1, 0.15) is 12.5 Å². The van der Waals surface area contributed by atoms with Crippen LogP contribution < -0.4 is 25.8 Å². The van der Waals surface area contributed by atoms with E-state index in [0.29, 0.717) is 28.1 Å². The zero-order valence-electron chi connectivity index (χ0n) is 16.5. The van der Waals surface area contributed by atoms with Gasteiger partial charge in [-0.25, -0.2) is 4.79 Å². The molecular formula is C21H19BrN4O5. The van der Waals surface area contributed by atoms with Crippen molar-refractivity contribution in [3.8, 4) is 17.6 Å². The fourth-order valence-electron chi connectivity index (χ4n) is 2.39. The molecule has 160 valence electrons. The lowest BCUT2D eigenvalue weighted by molar-refractivity contribution is -0.118. The Bertz CT molecular complexity index is 1050. The maximum absolute atomic E-state index is 12.1. The van der Waals surface area contributed by atoms with Gasteiger partial charge in [0.2, 0.25) is 0 Å². The van der Waals surface area contributed by atoms with Crippen molar-refractivity contribution in [1.82, 2.24) is 5.32 Å². The predicted molar refractivity (Wildman–Crippen MR) is 117 cm³/mol. The highest BCUT2D eigenvalue weighted by Crippen LogP contribution is 2.35. The summed E-state index contributed by atoms with van der Waals surface area (Å²) in [5.41, 5.74) is 5.63. The summed E-state index contributed by atoms with van der Waals surface area (Å²) in [6.45, 7) is 1.82. The van der Waals surface area contributed by atoms with E-state index in [1.54, 1.807) is 43.3 Å². The number of hydrogen-bond acceptors (Lipinski definition) is 6. The van der Waals surface area contributed by atoms with Crippen LogP contribution in [0.15, 0.2) is 52.5 Å². The molecule has 0 aromatic heterocycles. The molecule has 0 saturated carbocycles. The van der Waals surface area contributed by atoms with E-state index >= 15 is 0 Å². The summed E-state index contributed by atoms with van der Waals surface area (Å²) in [5, 5.41) is 13.7. The van der Waals surface area contributed by atoms with Gasteiger partial charge in [0.05, 0.1) is 6.61 Å². The molecule has 0 heterocycles. The summed E-state index contributed by atoms with van der Waals surface area (Å²) in [4.78, 5) is 34.9. The second-order valence-electron chi connectivity index (χ2n) is 5.94. The van der Waals surface area contributed by atoms with E-state index in [2.05, 4.69) is 21.2 Å². The minimum atomic E-state index is -1.07. The molecule has 2 aromatic rings. The number of carbonyl (C=O) groups is 3. The number of ether oxygens (including phenoxy) is 2. The topological polar surface area (TPSA) is 144 Å². The van der Waals surface area contributed by atoms with Crippen LogP contribution in [-0.4, -0.2) is 31.1 Å². The Morgan fingerprint density at radius 3 is 2.45 bits per heavy atom. The number of primary amides is 1. The predicted octanol–water partition coefficient (Wildman–Crippen LogP) is 2.97. The van der Waals surface area contributed by atoms with Gasteiger partial charge in [0.1, 0.15) is 11.6 Å². The molecule has 31 heavy (non-hydrogen) atoms. The van der Waals surface area contributed by atoms with E-state index in [9.17, 15) is 19.6 Å². The second kappa shape index (κ2) is 11.4. The van der Waals surface area contributed by atoms with E-state index in [1.165, 1.54) is 12.1 Å². The Morgan fingerprint density at radius 2 is 1.84 bits per heavy atom. The number of nitriles is 1. The summed E-state index contributed by atoms with van der Waals surface area (Å²) in [6, 6.07) is 12.7. The van der Waals surface area contributed by atoms with Gasteiger partial charge in [-0.15, -0.1) is 0 Å². The molecule has 0 fully saturated rings. The van der Waals surface area contributed by atoms with Gasteiger partial charge < -0.3 is 20.5 Å². The highest BCUT2D eigenvalue weighted by atomic mass is 79.9. The molecule has 2 aromatic carbocycles. The first kappa shape index (κ1) is 23.4. The summed E-state index contributed by atoms with van der Waals surface area (Å²) in [7, 11) is 0. The Hall–Kier alpha value is -3.84. The third-order valence-electron chi connectivity index (χ3n) is 3.68. The van der Waals surface area contributed by atoms with Crippen LogP contribution in [0, 0.1) is 11.3 Å². The van der Waals surface area contributed by atoms with Gasteiger partial charge in [-0.2, -0.15) is 5.26 Å². The summed E-state index contributed by atoms with van der Waals surface area (Å²) >= 11 is 3.34. The number of nitrogens with one attached hydrogen (secondary N) is 2. The lowest BCUT2D eigenvalue weighted by Gasteiger charge is -2.14. The number of rotatable bonds is 8. The molecule has 4 amide bonds. The molecule has 0 bridgehead atoms. The number of halogens is 1. The summed E-state index contributed by atoms with van der Waals surface area (Å²) < 4.78 is 11.6. The molecule has 0 saturated heterocycles. The number of para-hydroxylation sites is 1. The maximum Gasteiger partial charge on any atom is 0.319 e. The first-order valence-corrected chi connectivity index (χ1v) is 9.80. The van der Waals surface area contributed by atoms with Gasteiger partial charge in [0.15, 0.2) is 18.1 Å². The summed E-state index contributed by atoms with van der Waals surface area (Å²) in [5.74, 6) is -0.701. The van der Waals surface area contributed by atoms with Gasteiger partial charge in [-0.05, 0) is 42.8 Å². The van der Waals surface area contributed by atoms with Crippen molar-refractivity contribution in [1.29, 1.82) is 5.26 Å². The maximum atomic E-state index is 12.1. The van der Waals surface area contributed by atoms with Crippen molar-refractivity contribution in [3.05, 3.63) is 58.1 Å². The Balaban J connectivity index is 2.22. The van der Waals surface area contributed by atoms with Gasteiger partial charge in [-0.1, -0.05) is 34.1 Å². The monoisotopic (exact) mass is 486 g/mol. The van der Waals surface area contributed by atoms with Crippen molar-refractivity contribution >= 4 is 45.5 Å². The number of urea groups is 1. The van der Waals surface area contributed by atoms with E-state index in [-0.39, 0.29) is 23.8 Å². The molecule has 0 radical (unpaired) electrons. The van der Waals surface area contributed by atoms with Crippen LogP contribution in [0.2, 0.25) is 0 Å². The second-order valence-corrected chi connectivity index (χ2v) is 6.80. The number of imide groups is 1. The van der Waals surface area contributed by atoms with Crippen LogP contribution in [0.4, 0.5) is 10.5 Å². The first-order chi connectivity index (χ1) is 14.8. The van der Waals surface area contributed by atoms with Crippen molar-refractivity contribution < 1.29 is 23.9 Å². The lowest BCUT2D eigenvalue weighted by Crippen LogP contribution is -2.35. The first-order valence-electron chi connectivity index (χ1n) is 9.00. The Morgan fingerprint density at radius 1 is 1.16 bits per heavy atom. The molecule has 0 aliphatic carbocycles. The quantitative estimate of drug-likeness (QED) is 0.386. The fraction of sp³-hybridized carbons (Fsp3) is 0.143. The zero-order valence-corrected chi connectivity index (χ0v) is 18.1. The zero-order chi connectivity index (χ0) is 22.8. The average Bonchev–Trinajstić information content (AvgIpc) is 2.73. The highest BCUT2D eigenvalue weighted by molar-refractivity contribution is 9.10. The molecule has 4 N–H and O–H groups in total. The number of anilines is 1. The van der Waals surface area contributed by atoms with Gasteiger partial charge in [0, 0.05) is 10.2 Å². The van der Waals surface area contributed by atoms with E-state index in [4.69, 9.17) is 15.2 Å². The third-order valence-corrected chi connectivity index (χ3v) is 4.37. The van der Waals surface area contributed by atoms with Gasteiger partial charge in [-0.3, -0.25) is 14.9 Å². The molecule has 10 heteroatoms. The average molecular weight is 487 g/mol. The van der Waals surface area contributed by atoms with Crippen molar-refractivity contribution in [2.45, 2.75) is 6.92 Å². The van der Waals surface area contributed by atoms with Gasteiger partial charge in [0.25, 0.3) is 11.8 Å². The van der Waals surface area contributed by atoms with E-state index in [0.717, 1.165) is 0 Å². The minimum absolute atomic E-state index is 0.263. The number of nitrogens with two attached hydrogens (primary N) is 1. The van der Waals surface area contributed by atoms with Crippen LogP contribution >= 0.6 is 15.9 Å². The number of hydrogen-bond donors (Lipinski definition) is 3. The fourth-order valence-corrected chi connectivity index (χ4v) is 2.82. The van der Waals surface area contributed by atoms with Crippen LogP contribution in [0.5, 0.6) is 11.5 Å². The highest BCUT2D eigenvalue weighted by Gasteiger charge is 2.15. The van der Waals surface area contributed by atoms with Crippen molar-refractivity contribution in [2.75, 3.05) is 18.5 Å². The molecule has 0 aliphatic rings. The summed E-state index contributed by atoms with van der Waals surface area (Å²) in [6.07, 6.45) is 1.26. The largest absolute Gasteiger partial charge is 0.490 e. The van der Waals surface area contributed by atoms with Crippen LogP contribution in [0.25, 0.3) is 6.08 Å². The number of amides is 4. The normalized spacial score (nSPS) is 10.5. The van der Waals surface area contributed by atoms with Crippen LogP contribution in [0.3, 0.4) is 0 Å². The van der Waals surface area contributed by atoms with E-state index < -0.39 is 11.9 Å². The van der Waals surface area contributed by atoms with E-state index in [1.807, 2.05) is 11.4 Å². The number of carbonyl (C=O) groups excluding carboxylic acids is 3. The molecule has 0 atom stereocenters. The molecule has 0 unspecified atom stereocenters. The number of benzene rings is 2. The molecule has 0 aliphatic heterocycles. The molecule has 2 rings (SSSR count). The third kappa shape index (κ3) is 7.17. The molecule has 9 nitrogen and oxygen atoms in total. The SMILES string of the molecule is CCOc1cc(/C=C(/C#N)C(=O)NC(N)=O)c(Br)cc1OCC(=O)Nc1ccccc1. The van der Waals surface area contributed by atoms with Crippen molar-refractivity contribution in [2.24, 2.45) is 5.73 Å². The lowest BCUT2D eigenvalue weighted by atomic mass is 10.1. The smallest absolute Gasteiger partial charge is 0.319 e.